The summed E-state index contributed by atoms with van der Waals surface area (Å²) in [6, 6.07) is 40.0. The first kappa shape index (κ1) is 19.9. The van der Waals surface area contributed by atoms with Gasteiger partial charge >= 0.3 is 0 Å². The summed E-state index contributed by atoms with van der Waals surface area (Å²) < 4.78 is 0. The van der Waals surface area contributed by atoms with Gasteiger partial charge in [-0.2, -0.15) is 0 Å². The molecule has 0 bridgehead atoms. The van der Waals surface area contributed by atoms with Crippen LogP contribution in [0.25, 0.3) is 21.9 Å². The molecule has 5 rings (SSSR count). The van der Waals surface area contributed by atoms with E-state index in [0.717, 1.165) is 5.56 Å². The molecule has 0 radical (unpaired) electrons. The lowest BCUT2D eigenvalue weighted by molar-refractivity contribution is 0.990. The molecule has 0 saturated heterocycles. The fraction of sp³-hybridized carbons (Fsp3) is 0.0345. The Balaban J connectivity index is 1.69. The van der Waals surface area contributed by atoms with Gasteiger partial charge in [0.15, 0.2) is 0 Å². The second-order valence-corrected chi connectivity index (χ2v) is 8.50. The van der Waals surface area contributed by atoms with E-state index in [1.165, 1.54) is 33.0 Å². The summed E-state index contributed by atoms with van der Waals surface area (Å²) in [5, 5.41) is 3.77. The first-order valence-electron chi connectivity index (χ1n) is 10.3. The van der Waals surface area contributed by atoms with Crippen LogP contribution in [-0.2, 0) is 0 Å². The average molecular weight is 439 g/mol. The Bertz CT molecular complexity index is 1330. The molecule has 0 spiro atoms. The highest BCUT2D eigenvalue weighted by Gasteiger charge is 2.21. The van der Waals surface area contributed by atoms with E-state index in [9.17, 15) is 0 Å². The van der Waals surface area contributed by atoms with Crippen molar-refractivity contribution in [3.63, 3.8) is 0 Å². The summed E-state index contributed by atoms with van der Waals surface area (Å²) in [6.07, 6.45) is 0. The molecule has 0 amide bonds. The van der Waals surface area contributed by atoms with Gasteiger partial charge in [-0.05, 0) is 50.7 Å². The van der Waals surface area contributed by atoms with Crippen LogP contribution in [0, 0.1) is 0 Å². The van der Waals surface area contributed by atoms with Crippen molar-refractivity contribution in [1.82, 2.24) is 0 Å². The third-order valence-electron chi connectivity index (χ3n) is 5.76. The van der Waals surface area contributed by atoms with E-state index in [1.807, 2.05) is 24.3 Å². The summed E-state index contributed by atoms with van der Waals surface area (Å²) in [7, 11) is 0. The maximum absolute atomic E-state index is 6.72. The molecule has 1 atom stereocenters. The molecule has 1 unspecified atom stereocenters. The molecule has 0 aliphatic carbocycles. The average Bonchev–Trinajstić information content (AvgIpc) is 2.82. The van der Waals surface area contributed by atoms with Gasteiger partial charge in [0.2, 0.25) is 0 Å². The number of fused-ring (bicyclic) bond motifs is 1. The van der Waals surface area contributed by atoms with Gasteiger partial charge in [-0.3, -0.25) is 0 Å². The molecule has 0 N–H and O–H groups in total. The molecule has 0 aromatic heterocycles. The first-order valence-corrected chi connectivity index (χ1v) is 11.0. The predicted octanol–water partition coefficient (Wildman–Crippen LogP) is 8.99. The number of benzene rings is 5. The van der Waals surface area contributed by atoms with E-state index in [1.54, 1.807) is 0 Å². The van der Waals surface area contributed by atoms with Crippen molar-refractivity contribution in [2.45, 2.75) is 5.92 Å². The van der Waals surface area contributed by atoms with E-state index in [4.69, 9.17) is 23.2 Å². The van der Waals surface area contributed by atoms with Crippen LogP contribution in [0.4, 0.5) is 0 Å². The molecule has 5 aromatic carbocycles. The summed E-state index contributed by atoms with van der Waals surface area (Å²) in [6.45, 7) is 0. The minimum atomic E-state index is 0.000639. The Hall–Kier alpha value is -3.06. The van der Waals surface area contributed by atoms with Crippen molar-refractivity contribution in [2.75, 3.05) is 0 Å². The minimum Gasteiger partial charge on any atom is -0.0843 e. The van der Waals surface area contributed by atoms with Gasteiger partial charge in [0, 0.05) is 16.0 Å². The van der Waals surface area contributed by atoms with Crippen molar-refractivity contribution in [2.24, 2.45) is 0 Å². The Morgan fingerprint density at radius 1 is 0.516 bits per heavy atom. The van der Waals surface area contributed by atoms with E-state index in [0.29, 0.717) is 10.0 Å². The zero-order valence-electron chi connectivity index (χ0n) is 16.8. The van der Waals surface area contributed by atoms with Crippen LogP contribution in [0.3, 0.4) is 0 Å². The summed E-state index contributed by atoms with van der Waals surface area (Å²) in [5.74, 6) is 0.000639. The summed E-state index contributed by atoms with van der Waals surface area (Å²) >= 11 is 12.9. The molecule has 0 heterocycles. The van der Waals surface area contributed by atoms with E-state index in [2.05, 4.69) is 91.0 Å². The standard InChI is InChI=1S/C29H20Cl2/c30-24-17-18-27(28(31)19-24)29(26-12-6-10-22-9-4-5-11-25(22)26)23-15-13-21(14-16-23)20-7-2-1-3-8-20/h1-19,29H. The maximum Gasteiger partial charge on any atom is 0.0462 e. The fourth-order valence-corrected chi connectivity index (χ4v) is 4.78. The molecule has 0 aliphatic heterocycles. The normalized spacial score (nSPS) is 12.1. The zero-order chi connectivity index (χ0) is 21.2. The van der Waals surface area contributed by atoms with Gasteiger partial charge in [-0.15, -0.1) is 0 Å². The predicted molar refractivity (Wildman–Crippen MR) is 133 cm³/mol. The molecule has 2 heteroatoms. The second-order valence-electron chi connectivity index (χ2n) is 7.66. The van der Waals surface area contributed by atoms with Crippen LogP contribution in [-0.4, -0.2) is 0 Å². The summed E-state index contributed by atoms with van der Waals surface area (Å²) in [5.41, 5.74) is 5.88. The molecule has 0 nitrogen and oxygen atoms in total. The van der Waals surface area contributed by atoms with Crippen LogP contribution in [0.5, 0.6) is 0 Å². The molecule has 5 aromatic rings. The largest absolute Gasteiger partial charge is 0.0843 e. The fourth-order valence-electron chi connectivity index (χ4n) is 4.26. The molecule has 0 saturated carbocycles. The quantitative estimate of drug-likeness (QED) is 0.245. The third-order valence-corrected chi connectivity index (χ3v) is 6.32. The number of hydrogen-bond donors (Lipinski definition) is 0. The number of halogens is 2. The molecular weight excluding hydrogens is 419 g/mol. The molecule has 0 fully saturated rings. The highest BCUT2D eigenvalue weighted by Crippen LogP contribution is 2.40. The molecule has 31 heavy (non-hydrogen) atoms. The Morgan fingerprint density at radius 2 is 1.19 bits per heavy atom. The third kappa shape index (κ3) is 3.97. The van der Waals surface area contributed by atoms with Gasteiger partial charge in [0.1, 0.15) is 0 Å². The van der Waals surface area contributed by atoms with Crippen LogP contribution >= 0.6 is 23.2 Å². The van der Waals surface area contributed by atoms with Crippen molar-refractivity contribution in [1.29, 1.82) is 0 Å². The smallest absolute Gasteiger partial charge is 0.0462 e. The number of hydrogen-bond acceptors (Lipinski definition) is 0. The van der Waals surface area contributed by atoms with Gasteiger partial charge < -0.3 is 0 Å². The Labute approximate surface area is 192 Å². The number of rotatable bonds is 4. The van der Waals surface area contributed by atoms with Gasteiger partial charge in [-0.1, -0.05) is 126 Å². The highest BCUT2D eigenvalue weighted by atomic mass is 35.5. The molecular formula is C29H20Cl2. The van der Waals surface area contributed by atoms with Crippen LogP contribution in [0.1, 0.15) is 22.6 Å². The van der Waals surface area contributed by atoms with Crippen molar-refractivity contribution in [3.8, 4) is 11.1 Å². The zero-order valence-corrected chi connectivity index (χ0v) is 18.3. The van der Waals surface area contributed by atoms with Crippen LogP contribution in [0.2, 0.25) is 10.0 Å². The monoisotopic (exact) mass is 438 g/mol. The summed E-state index contributed by atoms with van der Waals surface area (Å²) in [4.78, 5) is 0. The minimum absolute atomic E-state index is 0.000639. The van der Waals surface area contributed by atoms with E-state index < -0.39 is 0 Å². The topological polar surface area (TPSA) is 0 Å². The van der Waals surface area contributed by atoms with Crippen LogP contribution < -0.4 is 0 Å². The highest BCUT2D eigenvalue weighted by molar-refractivity contribution is 6.35. The van der Waals surface area contributed by atoms with Gasteiger partial charge in [0.25, 0.3) is 0 Å². The van der Waals surface area contributed by atoms with Crippen molar-refractivity contribution >= 4 is 34.0 Å². The SMILES string of the molecule is Clc1ccc(C(c2ccc(-c3ccccc3)cc2)c2cccc3ccccc23)c(Cl)c1. The lowest BCUT2D eigenvalue weighted by Gasteiger charge is -2.22. The van der Waals surface area contributed by atoms with Gasteiger partial charge in [0.05, 0.1) is 0 Å². The van der Waals surface area contributed by atoms with Crippen molar-refractivity contribution in [3.05, 3.63) is 142 Å². The van der Waals surface area contributed by atoms with Crippen LogP contribution in [0.15, 0.2) is 115 Å². The second kappa shape index (κ2) is 8.59. The molecule has 150 valence electrons. The van der Waals surface area contributed by atoms with Gasteiger partial charge in [-0.25, -0.2) is 0 Å². The lowest BCUT2D eigenvalue weighted by atomic mass is 9.82. The first-order chi connectivity index (χ1) is 15.2. The molecule has 0 aliphatic rings. The van der Waals surface area contributed by atoms with E-state index in [-0.39, 0.29) is 5.92 Å². The lowest BCUT2D eigenvalue weighted by Crippen LogP contribution is -2.05. The Morgan fingerprint density at radius 3 is 1.97 bits per heavy atom. The Kier molecular flexibility index (Phi) is 5.51. The maximum atomic E-state index is 6.72. The van der Waals surface area contributed by atoms with E-state index >= 15 is 0 Å². The van der Waals surface area contributed by atoms with Crippen molar-refractivity contribution < 1.29 is 0 Å².